The lowest BCUT2D eigenvalue weighted by atomic mass is 9.90. The molecule has 3 aromatic rings. The normalized spacial score (nSPS) is 12.6. The van der Waals surface area contributed by atoms with Gasteiger partial charge in [0.05, 0.1) is 0 Å². The molecular weight excluding hydrogens is 508 g/mol. The number of hydrogen-bond acceptors (Lipinski definition) is 6. The van der Waals surface area contributed by atoms with E-state index in [-0.39, 0.29) is 17.6 Å². The molecule has 0 amide bonds. The van der Waals surface area contributed by atoms with Crippen LogP contribution in [-0.4, -0.2) is 29.2 Å². The number of thioether (sulfide) groups is 1. The van der Waals surface area contributed by atoms with Gasteiger partial charge in [0.1, 0.15) is 16.9 Å². The van der Waals surface area contributed by atoms with Crippen LogP contribution in [0.5, 0.6) is 5.75 Å². The lowest BCUT2D eigenvalue weighted by Gasteiger charge is -2.32. The number of fused-ring (bicyclic) bond motifs is 1. The first-order valence-electron chi connectivity index (χ1n) is 13.4. The number of esters is 1. The van der Waals surface area contributed by atoms with E-state index >= 15 is 0 Å². The van der Waals surface area contributed by atoms with Crippen molar-refractivity contribution >= 4 is 40.6 Å². The van der Waals surface area contributed by atoms with E-state index in [1.165, 1.54) is 0 Å². The number of carbonyl (C=O) groups excluding carboxylic acids is 2. The quantitative estimate of drug-likeness (QED) is 0.115. The molecule has 0 N–H and O–H groups in total. The number of hydrogen-bond donors (Lipinski definition) is 0. The van der Waals surface area contributed by atoms with Crippen LogP contribution in [0.15, 0.2) is 45.7 Å². The van der Waals surface area contributed by atoms with Crippen molar-refractivity contribution in [3.63, 3.8) is 0 Å². The Hall–Kier alpha value is -2.99. The second-order valence-electron chi connectivity index (χ2n) is 12.1. The summed E-state index contributed by atoms with van der Waals surface area (Å²) >= 11 is 1.64. The highest BCUT2D eigenvalue weighted by molar-refractivity contribution is 7.98. The fourth-order valence-electron chi connectivity index (χ4n) is 4.28. The summed E-state index contributed by atoms with van der Waals surface area (Å²) in [7, 11) is 0. The minimum absolute atomic E-state index is 0.124. The number of carbonyl (C=O) groups is 2. The van der Waals surface area contributed by atoms with Gasteiger partial charge in [-0.3, -0.25) is 4.79 Å². The Morgan fingerprint density at radius 1 is 0.949 bits per heavy atom. The molecule has 0 radical (unpaired) electrons. The summed E-state index contributed by atoms with van der Waals surface area (Å²) in [6, 6.07) is 10.1. The molecule has 1 heterocycles. The molecule has 0 aliphatic rings. The molecule has 0 bridgehead atoms. The minimum atomic E-state index is -1.18. The van der Waals surface area contributed by atoms with Gasteiger partial charge in [0.2, 0.25) is 5.78 Å². The summed E-state index contributed by atoms with van der Waals surface area (Å²) in [4.78, 5) is 27.2. The van der Waals surface area contributed by atoms with E-state index in [1.54, 1.807) is 31.7 Å². The Bertz CT molecular complexity index is 1370. The topological polar surface area (TPSA) is 65.7 Å². The van der Waals surface area contributed by atoms with Crippen molar-refractivity contribution in [1.29, 1.82) is 0 Å². The van der Waals surface area contributed by atoms with Crippen LogP contribution in [0.2, 0.25) is 0 Å². The van der Waals surface area contributed by atoms with Crippen LogP contribution in [0.25, 0.3) is 17.0 Å². The molecule has 0 saturated heterocycles. The molecule has 210 valence electrons. The van der Waals surface area contributed by atoms with Gasteiger partial charge in [-0.05, 0) is 113 Å². The lowest BCUT2D eigenvalue weighted by Crippen LogP contribution is -2.43. The molecule has 1 aromatic heterocycles. The van der Waals surface area contributed by atoms with Crippen molar-refractivity contribution in [3.8, 4) is 5.75 Å². The molecular formula is C33H42O5S. The average molecular weight is 551 g/mol. The van der Waals surface area contributed by atoms with E-state index in [2.05, 4.69) is 27.7 Å². The monoisotopic (exact) mass is 550 g/mol. The van der Waals surface area contributed by atoms with Gasteiger partial charge >= 0.3 is 5.97 Å². The Labute approximate surface area is 237 Å². The van der Waals surface area contributed by atoms with Crippen LogP contribution < -0.4 is 4.74 Å². The summed E-state index contributed by atoms with van der Waals surface area (Å²) < 4.78 is 18.0. The van der Waals surface area contributed by atoms with E-state index in [4.69, 9.17) is 13.9 Å². The third-order valence-electron chi connectivity index (χ3n) is 6.46. The van der Waals surface area contributed by atoms with Crippen molar-refractivity contribution in [1.82, 2.24) is 0 Å². The van der Waals surface area contributed by atoms with Crippen molar-refractivity contribution in [2.75, 3.05) is 6.26 Å². The first-order valence-corrected chi connectivity index (χ1v) is 14.7. The van der Waals surface area contributed by atoms with E-state index in [1.807, 2.05) is 70.4 Å². The molecule has 0 aliphatic heterocycles. The van der Waals surface area contributed by atoms with Crippen molar-refractivity contribution in [3.05, 3.63) is 64.4 Å². The van der Waals surface area contributed by atoms with Gasteiger partial charge in [-0.1, -0.05) is 33.8 Å². The fourth-order valence-corrected chi connectivity index (χ4v) is 4.71. The third-order valence-corrected chi connectivity index (χ3v) is 7.18. The van der Waals surface area contributed by atoms with Gasteiger partial charge < -0.3 is 13.9 Å². The molecule has 6 heteroatoms. The number of aryl methyl sites for hydroxylation is 1. The zero-order chi connectivity index (χ0) is 29.3. The largest absolute Gasteiger partial charge is 0.476 e. The summed E-state index contributed by atoms with van der Waals surface area (Å²) in [5, 5.41) is 0.947. The summed E-state index contributed by atoms with van der Waals surface area (Å²) in [5.41, 5.74) is 2.58. The van der Waals surface area contributed by atoms with Crippen LogP contribution >= 0.6 is 11.8 Å². The van der Waals surface area contributed by atoms with Gasteiger partial charge in [-0.25, -0.2) is 4.79 Å². The predicted octanol–water partition coefficient (Wildman–Crippen LogP) is 9.11. The molecule has 3 rings (SSSR count). The molecule has 0 unspecified atom stereocenters. The SMILES string of the molecule is CSc1ccc2c(C)c(C(=O)/C=C/c3cc(C(C)C)c(OC(C)(C)C(=O)OC(C)(C)C)c(C(C)C)c3)oc2c1. The van der Waals surface area contributed by atoms with Crippen LogP contribution in [0, 0.1) is 6.92 Å². The highest BCUT2D eigenvalue weighted by Crippen LogP contribution is 2.39. The van der Waals surface area contributed by atoms with Crippen molar-refractivity contribution in [2.45, 2.75) is 97.2 Å². The third kappa shape index (κ3) is 7.16. The van der Waals surface area contributed by atoms with Gasteiger partial charge in [0, 0.05) is 15.8 Å². The number of ether oxygens (including phenoxy) is 2. The van der Waals surface area contributed by atoms with E-state index in [0.29, 0.717) is 11.5 Å². The molecule has 5 nitrogen and oxygen atoms in total. The van der Waals surface area contributed by atoms with E-state index in [9.17, 15) is 9.59 Å². The van der Waals surface area contributed by atoms with Gasteiger partial charge in [0.25, 0.3) is 0 Å². The van der Waals surface area contributed by atoms with E-state index < -0.39 is 17.2 Å². The van der Waals surface area contributed by atoms with Gasteiger partial charge in [-0.2, -0.15) is 0 Å². The second kappa shape index (κ2) is 11.6. The zero-order valence-electron chi connectivity index (χ0n) is 25.1. The molecule has 0 atom stereocenters. The molecule has 39 heavy (non-hydrogen) atoms. The second-order valence-corrected chi connectivity index (χ2v) is 12.9. The first-order chi connectivity index (χ1) is 18.0. The summed E-state index contributed by atoms with van der Waals surface area (Å²) in [6.45, 7) is 19.3. The van der Waals surface area contributed by atoms with E-state index in [0.717, 1.165) is 38.1 Å². The number of rotatable bonds is 9. The van der Waals surface area contributed by atoms with Crippen molar-refractivity contribution in [2.24, 2.45) is 0 Å². The van der Waals surface area contributed by atoms with Crippen LogP contribution in [0.4, 0.5) is 0 Å². The highest BCUT2D eigenvalue weighted by atomic mass is 32.2. The summed E-state index contributed by atoms with van der Waals surface area (Å²) in [5.74, 6) is 0.695. The Morgan fingerprint density at radius 2 is 1.54 bits per heavy atom. The van der Waals surface area contributed by atoms with Gasteiger partial charge in [-0.15, -0.1) is 11.8 Å². The number of ketones is 1. The number of furan rings is 1. The Balaban J connectivity index is 1.99. The number of benzene rings is 2. The Kier molecular flexibility index (Phi) is 9.11. The molecule has 2 aromatic carbocycles. The molecule has 0 aliphatic carbocycles. The minimum Gasteiger partial charge on any atom is -0.476 e. The molecule has 0 spiro atoms. The van der Waals surface area contributed by atoms with Crippen LogP contribution in [0.1, 0.15) is 107 Å². The summed E-state index contributed by atoms with van der Waals surface area (Å²) in [6.07, 6.45) is 5.40. The van der Waals surface area contributed by atoms with Gasteiger partial charge in [0.15, 0.2) is 11.4 Å². The average Bonchev–Trinajstić information content (AvgIpc) is 3.16. The molecule has 0 fully saturated rings. The maximum Gasteiger partial charge on any atom is 0.350 e. The van der Waals surface area contributed by atoms with Crippen LogP contribution in [-0.2, 0) is 9.53 Å². The highest BCUT2D eigenvalue weighted by Gasteiger charge is 2.36. The molecule has 0 saturated carbocycles. The number of allylic oxidation sites excluding steroid dienone is 1. The first kappa shape index (κ1) is 30.6. The van der Waals surface area contributed by atoms with Crippen molar-refractivity contribution < 1.29 is 23.5 Å². The fraction of sp³-hybridized carbons (Fsp3) is 0.455. The Morgan fingerprint density at radius 3 is 2.05 bits per heavy atom. The predicted molar refractivity (Wildman–Crippen MR) is 161 cm³/mol. The maximum absolute atomic E-state index is 13.2. The maximum atomic E-state index is 13.2. The van der Waals surface area contributed by atoms with Crippen LogP contribution in [0.3, 0.4) is 0 Å². The smallest absolute Gasteiger partial charge is 0.350 e. The lowest BCUT2D eigenvalue weighted by molar-refractivity contribution is -0.171. The zero-order valence-corrected chi connectivity index (χ0v) is 26.0. The standard InChI is InChI=1S/C33H42O5S/c1-19(2)25-16-22(12-15-27(34)29-21(5)24-14-13-23(39-11)18-28(24)36-29)17-26(20(3)4)30(25)37-33(9,10)31(35)38-32(6,7)8/h12-20H,1-11H3/b15-12+.